The summed E-state index contributed by atoms with van der Waals surface area (Å²) in [5.41, 5.74) is 9.15. The molecule has 0 saturated carbocycles. The number of rotatable bonds is 3. The highest BCUT2D eigenvalue weighted by atomic mass is 16.2. The molecule has 0 aliphatic carbocycles. The molecule has 5 heteroatoms. The molecular formula is C17H17N4O. The zero-order chi connectivity index (χ0) is 15.7. The second-order valence-electron chi connectivity index (χ2n) is 5.51. The van der Waals surface area contributed by atoms with E-state index in [4.69, 9.17) is 5.73 Å². The molecule has 0 aliphatic rings. The van der Waals surface area contributed by atoms with Crippen molar-refractivity contribution < 1.29 is 4.79 Å². The summed E-state index contributed by atoms with van der Waals surface area (Å²) in [4.78, 5) is 17.8. The quantitative estimate of drug-likeness (QED) is 0.807. The van der Waals surface area contributed by atoms with Crippen LogP contribution in [0.25, 0.3) is 22.2 Å². The van der Waals surface area contributed by atoms with Gasteiger partial charge in [-0.15, -0.1) is 0 Å². The molecule has 0 aliphatic heterocycles. The third kappa shape index (κ3) is 2.71. The Labute approximate surface area is 129 Å². The normalized spacial score (nSPS) is 11.2. The van der Waals surface area contributed by atoms with Crippen LogP contribution in [0.5, 0.6) is 0 Å². The Balaban J connectivity index is 2.02. The number of carbonyl (C=O) groups is 1. The lowest BCUT2D eigenvalue weighted by Gasteiger charge is -2.11. The molecule has 1 aromatic carbocycles. The van der Waals surface area contributed by atoms with E-state index in [9.17, 15) is 4.79 Å². The van der Waals surface area contributed by atoms with Crippen molar-refractivity contribution in [3.05, 3.63) is 54.4 Å². The van der Waals surface area contributed by atoms with Gasteiger partial charge in [0.1, 0.15) is 5.65 Å². The maximum Gasteiger partial charge on any atom is 0.324 e. The smallest absolute Gasteiger partial charge is 0.324 e. The lowest BCUT2D eigenvalue weighted by Crippen LogP contribution is -2.18. The summed E-state index contributed by atoms with van der Waals surface area (Å²) in [5.74, 6) is 0. The standard InChI is InChI=1S/C17H17N4O/c1-20(2)11-12-4-3-5-13(8-12)15-9-14-6-7-21(17(18)22)16(14)19-10-15/h3-5,7-10H,11H2,1-2H3,(H2,18,22). The predicted molar refractivity (Wildman–Crippen MR) is 86.4 cm³/mol. The van der Waals surface area contributed by atoms with E-state index in [0.29, 0.717) is 5.65 Å². The summed E-state index contributed by atoms with van der Waals surface area (Å²) in [5, 5.41) is 0.773. The van der Waals surface area contributed by atoms with Crippen molar-refractivity contribution >= 4 is 17.1 Å². The molecule has 1 radical (unpaired) electrons. The van der Waals surface area contributed by atoms with Gasteiger partial charge in [-0.05, 0) is 37.4 Å². The zero-order valence-electron chi connectivity index (χ0n) is 12.6. The molecule has 0 spiro atoms. The van der Waals surface area contributed by atoms with Crippen molar-refractivity contribution in [3.63, 3.8) is 0 Å². The van der Waals surface area contributed by atoms with Gasteiger partial charge in [0.2, 0.25) is 0 Å². The van der Waals surface area contributed by atoms with Gasteiger partial charge in [-0.2, -0.15) is 0 Å². The summed E-state index contributed by atoms with van der Waals surface area (Å²) in [7, 11) is 4.09. The molecule has 2 heterocycles. The molecule has 0 atom stereocenters. The average molecular weight is 293 g/mol. The van der Waals surface area contributed by atoms with Crippen molar-refractivity contribution in [1.82, 2.24) is 14.5 Å². The van der Waals surface area contributed by atoms with Gasteiger partial charge < -0.3 is 10.6 Å². The van der Waals surface area contributed by atoms with Gasteiger partial charge in [0, 0.05) is 36.0 Å². The first-order valence-electron chi connectivity index (χ1n) is 6.97. The van der Waals surface area contributed by atoms with E-state index < -0.39 is 6.03 Å². The number of primary amides is 1. The number of carbonyl (C=O) groups excluding carboxylic acids is 1. The Bertz CT molecular complexity index is 836. The highest BCUT2D eigenvalue weighted by Crippen LogP contribution is 2.24. The van der Waals surface area contributed by atoms with Crippen LogP contribution in [0.2, 0.25) is 0 Å². The number of nitrogens with zero attached hydrogens (tertiary/aromatic N) is 3. The summed E-state index contributed by atoms with van der Waals surface area (Å²) in [6.07, 6.45) is 3.27. The first-order chi connectivity index (χ1) is 10.5. The molecule has 0 fully saturated rings. The van der Waals surface area contributed by atoms with Crippen LogP contribution in [0.3, 0.4) is 0 Å². The van der Waals surface area contributed by atoms with Gasteiger partial charge in [-0.25, -0.2) is 9.78 Å². The van der Waals surface area contributed by atoms with Gasteiger partial charge in [0.25, 0.3) is 0 Å². The molecule has 0 bridgehead atoms. The summed E-state index contributed by atoms with van der Waals surface area (Å²) in [6.45, 7) is 0.883. The summed E-state index contributed by atoms with van der Waals surface area (Å²) < 4.78 is 1.29. The van der Waals surface area contributed by atoms with Crippen molar-refractivity contribution in [2.75, 3.05) is 14.1 Å². The molecule has 3 aromatic rings. The summed E-state index contributed by atoms with van der Waals surface area (Å²) in [6, 6.07) is 12.8. The van der Waals surface area contributed by atoms with E-state index in [0.717, 1.165) is 23.1 Å². The second-order valence-corrected chi connectivity index (χ2v) is 5.51. The second kappa shape index (κ2) is 5.61. The fraction of sp³-hybridized carbons (Fsp3) is 0.176. The van der Waals surface area contributed by atoms with Crippen molar-refractivity contribution in [1.29, 1.82) is 0 Å². The van der Waals surface area contributed by atoms with Gasteiger partial charge in [-0.3, -0.25) is 4.57 Å². The number of nitrogens with two attached hydrogens (primary N) is 1. The van der Waals surface area contributed by atoms with Crippen LogP contribution < -0.4 is 5.73 Å². The minimum Gasteiger partial charge on any atom is -0.351 e. The molecule has 111 valence electrons. The third-order valence-corrected chi connectivity index (χ3v) is 3.44. The van der Waals surface area contributed by atoms with Crippen LogP contribution in [0.4, 0.5) is 4.79 Å². The van der Waals surface area contributed by atoms with Crippen LogP contribution in [-0.2, 0) is 6.54 Å². The molecule has 3 rings (SSSR count). The van der Waals surface area contributed by atoms with Gasteiger partial charge in [0.05, 0.1) is 0 Å². The Morgan fingerprint density at radius 3 is 2.86 bits per heavy atom. The van der Waals surface area contributed by atoms with E-state index in [1.54, 1.807) is 6.20 Å². The van der Waals surface area contributed by atoms with Gasteiger partial charge >= 0.3 is 6.03 Å². The molecule has 0 saturated heterocycles. The fourth-order valence-corrected chi connectivity index (χ4v) is 2.49. The topological polar surface area (TPSA) is 64.2 Å². The van der Waals surface area contributed by atoms with E-state index in [1.165, 1.54) is 16.3 Å². The molecule has 5 nitrogen and oxygen atoms in total. The lowest BCUT2D eigenvalue weighted by molar-refractivity contribution is 0.251. The molecule has 2 aromatic heterocycles. The van der Waals surface area contributed by atoms with Crippen LogP contribution in [-0.4, -0.2) is 34.6 Å². The molecule has 2 N–H and O–H groups in total. The van der Waals surface area contributed by atoms with Crippen molar-refractivity contribution in [2.24, 2.45) is 5.73 Å². The summed E-state index contributed by atoms with van der Waals surface area (Å²) >= 11 is 0. The Morgan fingerprint density at radius 1 is 1.32 bits per heavy atom. The molecule has 0 unspecified atom stereocenters. The Morgan fingerprint density at radius 2 is 2.14 bits per heavy atom. The SMILES string of the molecule is CN(C)Cc1cccc(-c2cnc3c([c]cn3C(N)=O)c2)c1. The number of benzene rings is 1. The van der Waals surface area contributed by atoms with E-state index in [1.807, 2.05) is 32.3 Å². The molecular weight excluding hydrogens is 276 g/mol. The maximum absolute atomic E-state index is 11.3. The predicted octanol–water partition coefficient (Wildman–Crippen LogP) is 2.49. The number of pyridine rings is 1. The maximum atomic E-state index is 11.3. The zero-order valence-corrected chi connectivity index (χ0v) is 12.6. The van der Waals surface area contributed by atoms with Gasteiger partial charge in [0.15, 0.2) is 0 Å². The highest BCUT2D eigenvalue weighted by molar-refractivity contribution is 5.90. The van der Waals surface area contributed by atoms with E-state index in [2.05, 4.69) is 28.1 Å². The number of fused-ring (bicyclic) bond motifs is 1. The number of hydrogen-bond donors (Lipinski definition) is 1. The van der Waals surface area contributed by atoms with E-state index >= 15 is 0 Å². The van der Waals surface area contributed by atoms with Crippen LogP contribution >= 0.6 is 0 Å². The van der Waals surface area contributed by atoms with E-state index in [-0.39, 0.29) is 0 Å². The fourth-order valence-electron chi connectivity index (χ4n) is 2.49. The highest BCUT2D eigenvalue weighted by Gasteiger charge is 2.09. The Hall–Kier alpha value is -2.66. The first kappa shape index (κ1) is 14.3. The monoisotopic (exact) mass is 293 g/mol. The minimum absolute atomic E-state index is 0.528. The minimum atomic E-state index is -0.556. The Kier molecular flexibility index (Phi) is 3.65. The van der Waals surface area contributed by atoms with Crippen molar-refractivity contribution in [3.8, 4) is 11.1 Å². The van der Waals surface area contributed by atoms with Crippen LogP contribution in [0, 0.1) is 6.07 Å². The third-order valence-electron chi connectivity index (χ3n) is 3.44. The van der Waals surface area contributed by atoms with Crippen molar-refractivity contribution in [2.45, 2.75) is 6.54 Å². The number of aromatic nitrogens is 2. The largest absolute Gasteiger partial charge is 0.351 e. The number of hydrogen-bond acceptors (Lipinski definition) is 3. The molecule has 1 amide bonds. The first-order valence-corrected chi connectivity index (χ1v) is 6.97. The molecule has 22 heavy (non-hydrogen) atoms. The average Bonchev–Trinajstić information content (AvgIpc) is 2.90. The number of amides is 1. The van der Waals surface area contributed by atoms with Crippen LogP contribution in [0.1, 0.15) is 5.56 Å². The lowest BCUT2D eigenvalue weighted by atomic mass is 10.0. The van der Waals surface area contributed by atoms with Crippen LogP contribution in [0.15, 0.2) is 42.7 Å². The van der Waals surface area contributed by atoms with Gasteiger partial charge in [-0.1, -0.05) is 18.2 Å².